The first-order valence-electron chi connectivity index (χ1n) is 5.55. The lowest BCUT2D eigenvalue weighted by Gasteiger charge is -2.12. The molecular formula is C12H14N2O5S. The second-order valence-corrected chi connectivity index (χ2v) is 6.08. The van der Waals surface area contributed by atoms with Crippen LogP contribution in [0.15, 0.2) is 27.6 Å². The van der Waals surface area contributed by atoms with Gasteiger partial charge in [0.15, 0.2) is 32.9 Å². The van der Waals surface area contributed by atoms with Crippen LogP contribution in [0, 0.1) is 0 Å². The number of hydrogen-bond acceptors (Lipinski definition) is 7. The first-order valence-corrected chi connectivity index (χ1v) is 7.44. The summed E-state index contributed by atoms with van der Waals surface area (Å²) < 4.78 is 39.1. The van der Waals surface area contributed by atoms with E-state index in [0.717, 1.165) is 6.26 Å². The van der Waals surface area contributed by atoms with Gasteiger partial charge in [-0.25, -0.2) is 8.42 Å². The van der Waals surface area contributed by atoms with Crippen LogP contribution in [0.4, 0.5) is 5.82 Å². The normalized spacial score (nSPS) is 11.3. The molecule has 2 rings (SSSR count). The average Bonchev–Trinajstić information content (AvgIpc) is 2.82. The van der Waals surface area contributed by atoms with Gasteiger partial charge < -0.3 is 19.7 Å². The van der Waals surface area contributed by atoms with E-state index in [1.54, 1.807) is 0 Å². The van der Waals surface area contributed by atoms with Crippen LogP contribution in [-0.2, 0) is 9.84 Å². The van der Waals surface area contributed by atoms with Crippen LogP contribution in [0.2, 0.25) is 0 Å². The van der Waals surface area contributed by atoms with Gasteiger partial charge in [-0.3, -0.25) is 0 Å². The van der Waals surface area contributed by atoms with E-state index in [0.29, 0.717) is 17.1 Å². The molecule has 8 heteroatoms. The molecule has 7 nitrogen and oxygen atoms in total. The van der Waals surface area contributed by atoms with Gasteiger partial charge in [0.05, 0.1) is 19.1 Å². The molecule has 0 amide bonds. The molecule has 0 aliphatic carbocycles. The van der Waals surface area contributed by atoms with Crippen LogP contribution in [-0.4, -0.2) is 34.0 Å². The van der Waals surface area contributed by atoms with E-state index in [2.05, 4.69) is 5.16 Å². The van der Waals surface area contributed by atoms with Gasteiger partial charge in [0.25, 0.3) is 0 Å². The third kappa shape index (κ3) is 2.55. The second kappa shape index (κ2) is 5.04. The van der Waals surface area contributed by atoms with Crippen LogP contribution >= 0.6 is 0 Å². The number of hydrogen-bond donors (Lipinski definition) is 1. The van der Waals surface area contributed by atoms with E-state index >= 15 is 0 Å². The van der Waals surface area contributed by atoms with Gasteiger partial charge in [0, 0.05) is 24.0 Å². The lowest BCUT2D eigenvalue weighted by atomic mass is 10.1. The van der Waals surface area contributed by atoms with E-state index in [1.165, 1.54) is 32.4 Å². The zero-order valence-electron chi connectivity index (χ0n) is 11.2. The lowest BCUT2D eigenvalue weighted by Crippen LogP contribution is -2.02. The molecule has 0 unspecified atom stereocenters. The molecule has 0 bridgehead atoms. The van der Waals surface area contributed by atoms with E-state index in [4.69, 9.17) is 19.7 Å². The number of aromatic nitrogens is 1. The highest BCUT2D eigenvalue weighted by molar-refractivity contribution is 7.90. The summed E-state index contributed by atoms with van der Waals surface area (Å²) in [5, 5.41) is 3.55. The van der Waals surface area contributed by atoms with Gasteiger partial charge in [-0.2, -0.15) is 0 Å². The highest BCUT2D eigenvalue weighted by Gasteiger charge is 2.22. The van der Waals surface area contributed by atoms with Crippen LogP contribution in [0.3, 0.4) is 0 Å². The van der Waals surface area contributed by atoms with Crippen molar-refractivity contribution in [2.75, 3.05) is 26.2 Å². The number of nitrogens with zero attached hydrogens (tertiary/aromatic N) is 1. The minimum Gasteiger partial charge on any atom is -0.493 e. The number of anilines is 1. The summed E-state index contributed by atoms with van der Waals surface area (Å²) in [7, 11) is -0.613. The number of benzene rings is 1. The van der Waals surface area contributed by atoms with Gasteiger partial charge >= 0.3 is 0 Å². The van der Waals surface area contributed by atoms with Crippen molar-refractivity contribution < 1.29 is 22.4 Å². The maximum Gasteiger partial charge on any atom is 0.176 e. The van der Waals surface area contributed by atoms with Crippen molar-refractivity contribution in [3.8, 4) is 22.8 Å². The van der Waals surface area contributed by atoms with Gasteiger partial charge in [-0.1, -0.05) is 5.16 Å². The van der Waals surface area contributed by atoms with E-state index in [-0.39, 0.29) is 16.5 Å². The SMILES string of the molecule is COc1cc(-c2cc(N)no2)c(S(C)(=O)=O)cc1OC. The standard InChI is InChI=1S/C12H14N2O5S/c1-17-9-4-7(8-6-12(13)14-19-8)11(20(3,15)16)5-10(9)18-2/h4-6H,1-3H3,(H2,13,14). The predicted octanol–water partition coefficient (Wildman–Crippen LogP) is 1.34. The minimum absolute atomic E-state index is 0.0475. The van der Waals surface area contributed by atoms with Crippen molar-refractivity contribution in [1.29, 1.82) is 0 Å². The number of nitrogens with two attached hydrogens (primary N) is 1. The fourth-order valence-corrected chi connectivity index (χ4v) is 2.66. The Hall–Kier alpha value is -2.22. The maximum atomic E-state index is 11.9. The van der Waals surface area contributed by atoms with Crippen molar-refractivity contribution in [2.45, 2.75) is 4.90 Å². The number of nitrogen functional groups attached to an aromatic ring is 1. The fraction of sp³-hybridized carbons (Fsp3) is 0.250. The molecule has 0 spiro atoms. The summed E-state index contributed by atoms with van der Waals surface area (Å²) in [6.07, 6.45) is 1.09. The third-order valence-corrected chi connectivity index (χ3v) is 3.82. The number of methoxy groups -OCH3 is 2. The zero-order chi connectivity index (χ0) is 14.9. The molecule has 2 aromatic rings. The van der Waals surface area contributed by atoms with Crippen molar-refractivity contribution in [3.05, 3.63) is 18.2 Å². The molecule has 1 aromatic carbocycles. The molecule has 0 saturated carbocycles. The molecule has 2 N–H and O–H groups in total. The van der Waals surface area contributed by atoms with Gasteiger partial charge in [-0.15, -0.1) is 0 Å². The smallest absolute Gasteiger partial charge is 0.176 e. The zero-order valence-corrected chi connectivity index (χ0v) is 12.0. The Morgan fingerprint density at radius 3 is 2.20 bits per heavy atom. The highest BCUT2D eigenvalue weighted by atomic mass is 32.2. The third-order valence-electron chi connectivity index (χ3n) is 2.68. The molecule has 0 fully saturated rings. The fourth-order valence-electron chi connectivity index (χ4n) is 1.78. The number of rotatable bonds is 4. The topological polar surface area (TPSA) is 105 Å². The second-order valence-electron chi connectivity index (χ2n) is 4.09. The predicted molar refractivity (Wildman–Crippen MR) is 72.6 cm³/mol. The van der Waals surface area contributed by atoms with Gasteiger partial charge in [0.2, 0.25) is 0 Å². The molecule has 1 aromatic heterocycles. The van der Waals surface area contributed by atoms with Gasteiger partial charge in [-0.05, 0) is 6.07 Å². The first-order chi connectivity index (χ1) is 9.36. The Morgan fingerprint density at radius 2 is 1.75 bits per heavy atom. The number of sulfone groups is 1. The Balaban J connectivity index is 2.77. The molecule has 0 saturated heterocycles. The summed E-state index contributed by atoms with van der Waals surface area (Å²) in [4.78, 5) is 0.0475. The molecule has 20 heavy (non-hydrogen) atoms. The Labute approximate surface area is 116 Å². The lowest BCUT2D eigenvalue weighted by molar-refractivity contribution is 0.353. The summed E-state index contributed by atoms with van der Waals surface area (Å²) in [5.74, 6) is 1.09. The Bertz CT molecular complexity index is 736. The van der Waals surface area contributed by atoms with Gasteiger partial charge in [0.1, 0.15) is 0 Å². The molecule has 0 aliphatic heterocycles. The molecule has 1 heterocycles. The maximum absolute atomic E-state index is 11.9. The number of ether oxygens (including phenoxy) is 2. The first kappa shape index (κ1) is 14.2. The molecule has 108 valence electrons. The largest absolute Gasteiger partial charge is 0.493 e. The monoisotopic (exact) mass is 298 g/mol. The summed E-state index contributed by atoms with van der Waals surface area (Å²) in [6, 6.07) is 4.33. The van der Waals surface area contributed by atoms with Crippen LogP contribution in [0.25, 0.3) is 11.3 Å². The van der Waals surface area contributed by atoms with Crippen molar-refractivity contribution >= 4 is 15.7 Å². The van der Waals surface area contributed by atoms with E-state index in [9.17, 15) is 8.42 Å². The Morgan fingerprint density at radius 1 is 1.15 bits per heavy atom. The van der Waals surface area contributed by atoms with Crippen LogP contribution in [0.1, 0.15) is 0 Å². The van der Waals surface area contributed by atoms with Crippen LogP contribution < -0.4 is 15.2 Å². The van der Waals surface area contributed by atoms with Crippen molar-refractivity contribution in [2.24, 2.45) is 0 Å². The summed E-state index contributed by atoms with van der Waals surface area (Å²) >= 11 is 0. The van der Waals surface area contributed by atoms with E-state index < -0.39 is 9.84 Å². The summed E-state index contributed by atoms with van der Waals surface area (Å²) in [5.41, 5.74) is 5.81. The molecule has 0 atom stereocenters. The average molecular weight is 298 g/mol. The highest BCUT2D eigenvalue weighted by Crippen LogP contribution is 2.38. The van der Waals surface area contributed by atoms with E-state index in [1.807, 2.05) is 0 Å². The van der Waals surface area contributed by atoms with Crippen molar-refractivity contribution in [3.63, 3.8) is 0 Å². The Kier molecular flexibility index (Phi) is 3.58. The minimum atomic E-state index is -3.49. The molecule has 0 aliphatic rings. The molecule has 0 radical (unpaired) electrons. The van der Waals surface area contributed by atoms with Crippen LogP contribution in [0.5, 0.6) is 11.5 Å². The summed E-state index contributed by atoms with van der Waals surface area (Å²) in [6.45, 7) is 0. The van der Waals surface area contributed by atoms with Crippen molar-refractivity contribution in [1.82, 2.24) is 5.16 Å². The molecular weight excluding hydrogens is 284 g/mol. The quantitative estimate of drug-likeness (QED) is 0.908.